The predicted octanol–water partition coefficient (Wildman–Crippen LogP) is 3.26. The Morgan fingerprint density at radius 1 is 0.970 bits per heavy atom. The van der Waals surface area contributed by atoms with Crippen LogP contribution in [0.15, 0.2) is 82.7 Å². The molecule has 7 nitrogen and oxygen atoms in total. The van der Waals surface area contributed by atoms with Gasteiger partial charge in [-0.2, -0.15) is 0 Å². The van der Waals surface area contributed by atoms with Gasteiger partial charge in [-0.25, -0.2) is 0 Å². The third kappa shape index (κ3) is 4.62. The van der Waals surface area contributed by atoms with Gasteiger partial charge in [-0.15, -0.1) is 0 Å². The monoisotopic (exact) mass is 462 g/mol. The molecule has 2 aliphatic rings. The van der Waals surface area contributed by atoms with Gasteiger partial charge in [-0.3, -0.25) is 14.3 Å². The van der Waals surface area contributed by atoms with Crippen molar-refractivity contribution in [2.45, 2.75) is 28.2 Å². The van der Waals surface area contributed by atoms with Crippen molar-refractivity contribution in [3.8, 4) is 0 Å². The van der Waals surface area contributed by atoms with E-state index in [0.29, 0.717) is 43.9 Å². The number of piperidine rings is 1. The summed E-state index contributed by atoms with van der Waals surface area (Å²) in [7, 11) is 0. The van der Waals surface area contributed by atoms with Crippen LogP contribution in [0.4, 0.5) is 0 Å². The van der Waals surface area contributed by atoms with Crippen LogP contribution in [-0.4, -0.2) is 63.3 Å². The molecule has 0 spiro atoms. The smallest absolute Gasteiger partial charge is 0.273 e. The largest absolute Gasteiger partial charge is 0.388 e. The Morgan fingerprint density at radius 3 is 2.39 bits per heavy atom. The third-order valence-electron chi connectivity index (χ3n) is 6.23. The average molecular weight is 463 g/mol. The lowest BCUT2D eigenvalue weighted by Gasteiger charge is -2.42. The molecule has 0 aliphatic carbocycles. The van der Waals surface area contributed by atoms with Crippen LogP contribution in [0.5, 0.6) is 0 Å². The SMILES string of the molecule is O=C(c1ccc(Sc2ccccc2)cc1)N1CCC(O)(CN2CNn3cccc3C2=O)CC1. The Morgan fingerprint density at radius 2 is 1.67 bits per heavy atom. The highest BCUT2D eigenvalue weighted by atomic mass is 32.2. The number of carbonyl (C=O) groups is 2. The van der Waals surface area contributed by atoms with E-state index in [-0.39, 0.29) is 18.4 Å². The quantitative estimate of drug-likeness (QED) is 0.609. The number of hydrogen-bond acceptors (Lipinski definition) is 5. The number of β-amino-alcohol motifs (C(OH)–C–C–N with tert-alkyl or cyclic N) is 1. The van der Waals surface area contributed by atoms with E-state index in [1.54, 1.807) is 38.5 Å². The minimum atomic E-state index is -1.00. The first-order chi connectivity index (χ1) is 16.0. The number of nitrogens with zero attached hydrogens (tertiary/aromatic N) is 3. The Bertz CT molecular complexity index is 1140. The molecule has 1 aromatic heterocycles. The summed E-state index contributed by atoms with van der Waals surface area (Å²) < 4.78 is 1.70. The third-order valence-corrected chi connectivity index (χ3v) is 7.25. The second-order valence-corrected chi connectivity index (χ2v) is 9.69. The maximum Gasteiger partial charge on any atom is 0.273 e. The van der Waals surface area contributed by atoms with Gasteiger partial charge in [0.2, 0.25) is 0 Å². The number of likely N-dealkylation sites (tertiary alicyclic amines) is 1. The van der Waals surface area contributed by atoms with Gasteiger partial charge >= 0.3 is 0 Å². The van der Waals surface area contributed by atoms with Crippen molar-refractivity contribution in [2.24, 2.45) is 0 Å². The normalized spacial score (nSPS) is 17.4. The first-order valence-corrected chi connectivity index (χ1v) is 11.9. The summed E-state index contributed by atoms with van der Waals surface area (Å²) in [5, 5.41) is 11.1. The summed E-state index contributed by atoms with van der Waals surface area (Å²) in [6, 6.07) is 21.4. The second kappa shape index (κ2) is 8.96. The molecule has 0 unspecified atom stereocenters. The van der Waals surface area contributed by atoms with Gasteiger partial charge in [-0.05, 0) is 61.4 Å². The molecule has 5 rings (SSSR count). The summed E-state index contributed by atoms with van der Waals surface area (Å²) in [6.07, 6.45) is 2.67. The summed E-state index contributed by atoms with van der Waals surface area (Å²) >= 11 is 1.66. The maximum absolute atomic E-state index is 13.0. The van der Waals surface area contributed by atoms with Crippen LogP contribution in [-0.2, 0) is 0 Å². The number of aliphatic hydroxyl groups is 1. The molecular weight excluding hydrogens is 436 g/mol. The lowest BCUT2D eigenvalue weighted by Crippen LogP contribution is -2.56. The number of hydrogen-bond donors (Lipinski definition) is 2. The van der Waals surface area contributed by atoms with Crippen LogP contribution in [0, 0.1) is 0 Å². The minimum absolute atomic E-state index is 0.0261. The van der Waals surface area contributed by atoms with E-state index in [1.165, 1.54) is 0 Å². The molecule has 2 N–H and O–H groups in total. The number of aromatic nitrogens is 1. The van der Waals surface area contributed by atoms with Gasteiger partial charge in [0, 0.05) is 34.6 Å². The number of rotatable bonds is 5. The second-order valence-electron chi connectivity index (χ2n) is 8.54. The molecule has 170 valence electrons. The Labute approximate surface area is 197 Å². The fourth-order valence-electron chi connectivity index (χ4n) is 4.33. The molecule has 33 heavy (non-hydrogen) atoms. The van der Waals surface area contributed by atoms with Crippen molar-refractivity contribution in [1.82, 2.24) is 14.5 Å². The molecule has 2 aromatic carbocycles. The summed E-state index contributed by atoms with van der Waals surface area (Å²) in [5.41, 5.74) is 3.35. The predicted molar refractivity (Wildman–Crippen MR) is 127 cm³/mol. The zero-order chi connectivity index (χ0) is 22.8. The van der Waals surface area contributed by atoms with Crippen molar-refractivity contribution < 1.29 is 14.7 Å². The first-order valence-electron chi connectivity index (χ1n) is 11.1. The zero-order valence-electron chi connectivity index (χ0n) is 18.2. The van der Waals surface area contributed by atoms with Gasteiger partial charge in [0.25, 0.3) is 11.8 Å². The molecule has 0 radical (unpaired) electrons. The molecular formula is C25H26N4O3S. The van der Waals surface area contributed by atoms with E-state index in [2.05, 4.69) is 17.6 Å². The maximum atomic E-state index is 13.0. The fraction of sp³-hybridized carbons (Fsp3) is 0.280. The molecule has 0 atom stereocenters. The van der Waals surface area contributed by atoms with E-state index in [0.717, 1.165) is 9.79 Å². The van der Waals surface area contributed by atoms with E-state index in [9.17, 15) is 14.7 Å². The highest BCUT2D eigenvalue weighted by molar-refractivity contribution is 7.99. The number of benzene rings is 2. The molecule has 1 fully saturated rings. The zero-order valence-corrected chi connectivity index (χ0v) is 19.0. The number of amides is 2. The summed E-state index contributed by atoms with van der Waals surface area (Å²) in [4.78, 5) is 31.3. The van der Waals surface area contributed by atoms with Crippen LogP contribution >= 0.6 is 11.8 Å². The van der Waals surface area contributed by atoms with Gasteiger partial charge in [-0.1, -0.05) is 30.0 Å². The first kappa shape index (κ1) is 21.6. The molecule has 1 saturated heterocycles. The van der Waals surface area contributed by atoms with Crippen LogP contribution in [0.2, 0.25) is 0 Å². The standard InChI is InChI=1S/C25H26N4O3S/c30-23(19-8-10-21(11-9-19)33-20-5-2-1-3-6-20)27-15-12-25(32,13-16-27)17-28-18-26-29-14-4-7-22(29)24(28)31/h1-11,14,26,32H,12-13,15-18H2. The Hall–Kier alpha value is -3.23. The van der Waals surface area contributed by atoms with Crippen molar-refractivity contribution in [3.05, 3.63) is 84.2 Å². The van der Waals surface area contributed by atoms with Gasteiger partial charge in [0.1, 0.15) is 12.4 Å². The van der Waals surface area contributed by atoms with E-state index in [4.69, 9.17) is 0 Å². The highest BCUT2D eigenvalue weighted by Gasteiger charge is 2.38. The van der Waals surface area contributed by atoms with Crippen LogP contribution in [0.1, 0.15) is 33.7 Å². The van der Waals surface area contributed by atoms with Crippen molar-refractivity contribution in [3.63, 3.8) is 0 Å². The minimum Gasteiger partial charge on any atom is -0.388 e. The van der Waals surface area contributed by atoms with Crippen LogP contribution < -0.4 is 5.43 Å². The number of nitrogens with one attached hydrogen (secondary N) is 1. The van der Waals surface area contributed by atoms with Crippen molar-refractivity contribution >= 4 is 23.6 Å². The van der Waals surface area contributed by atoms with Crippen LogP contribution in [0.25, 0.3) is 0 Å². The van der Waals surface area contributed by atoms with Gasteiger partial charge in [0.15, 0.2) is 0 Å². The van der Waals surface area contributed by atoms with Crippen LogP contribution in [0.3, 0.4) is 0 Å². The lowest BCUT2D eigenvalue weighted by molar-refractivity contribution is -0.0369. The molecule has 3 aromatic rings. The summed E-state index contributed by atoms with van der Waals surface area (Å²) in [5.74, 6) is -0.124. The molecule has 2 aliphatic heterocycles. The summed E-state index contributed by atoms with van der Waals surface area (Å²) in [6.45, 7) is 1.51. The van der Waals surface area contributed by atoms with E-state index >= 15 is 0 Å². The number of carbonyl (C=O) groups excluding carboxylic acids is 2. The highest BCUT2D eigenvalue weighted by Crippen LogP contribution is 2.29. The Balaban J connectivity index is 1.17. The van der Waals surface area contributed by atoms with Gasteiger partial charge in [0.05, 0.1) is 12.1 Å². The molecule has 3 heterocycles. The Kier molecular flexibility index (Phi) is 5.86. The van der Waals surface area contributed by atoms with E-state index in [1.807, 2.05) is 48.5 Å². The fourth-order valence-corrected chi connectivity index (χ4v) is 5.17. The average Bonchev–Trinajstić information content (AvgIpc) is 3.32. The molecule has 8 heteroatoms. The van der Waals surface area contributed by atoms with Crippen molar-refractivity contribution in [1.29, 1.82) is 0 Å². The van der Waals surface area contributed by atoms with Gasteiger partial charge < -0.3 is 20.3 Å². The topological polar surface area (TPSA) is 77.8 Å². The molecule has 0 bridgehead atoms. The number of fused-ring (bicyclic) bond motifs is 1. The van der Waals surface area contributed by atoms with E-state index < -0.39 is 5.60 Å². The van der Waals surface area contributed by atoms with Crippen molar-refractivity contribution in [2.75, 3.05) is 31.7 Å². The lowest BCUT2D eigenvalue weighted by atomic mass is 9.90. The molecule has 2 amide bonds. The molecule has 0 saturated carbocycles.